The molecule has 1 atom stereocenters. The third-order valence-corrected chi connectivity index (χ3v) is 4.86. The molecule has 0 amide bonds. The molecule has 6 heteroatoms. The summed E-state index contributed by atoms with van der Waals surface area (Å²) in [4.78, 5) is 4.64. The van der Waals surface area contributed by atoms with Gasteiger partial charge in [0.1, 0.15) is 17.6 Å². The number of nitrogens with zero attached hydrogens (tertiary/aromatic N) is 3. The van der Waals surface area contributed by atoms with Gasteiger partial charge in [-0.05, 0) is 36.8 Å². The van der Waals surface area contributed by atoms with Crippen LogP contribution < -0.4 is 10.1 Å². The van der Waals surface area contributed by atoms with Gasteiger partial charge in [-0.25, -0.2) is 4.98 Å². The molecule has 0 bridgehead atoms. The summed E-state index contributed by atoms with van der Waals surface area (Å²) in [6.45, 7) is 2.17. The van der Waals surface area contributed by atoms with Crippen LogP contribution in [-0.2, 0) is 0 Å². The second-order valence-corrected chi connectivity index (χ2v) is 6.60. The summed E-state index contributed by atoms with van der Waals surface area (Å²) in [5, 5.41) is 23.6. The van der Waals surface area contributed by atoms with Crippen molar-refractivity contribution in [1.82, 2.24) is 9.38 Å². The van der Waals surface area contributed by atoms with Gasteiger partial charge in [0.2, 0.25) is 0 Å². The van der Waals surface area contributed by atoms with Crippen molar-refractivity contribution >= 4 is 22.5 Å². The summed E-state index contributed by atoms with van der Waals surface area (Å²) in [6.07, 6.45) is -0.753. The number of fused-ring (bicyclic) bond motifs is 3. The molecule has 0 radical (unpaired) electrons. The number of methoxy groups -OCH3 is 1. The average Bonchev–Trinajstić information content (AvgIpc) is 3.11. The summed E-state index contributed by atoms with van der Waals surface area (Å²) < 4.78 is 7.27. The zero-order valence-corrected chi connectivity index (χ0v) is 15.7. The number of hydrogen-bond acceptors (Lipinski definition) is 5. The van der Waals surface area contributed by atoms with E-state index in [9.17, 15) is 10.4 Å². The number of pyridine rings is 1. The first-order valence-electron chi connectivity index (χ1n) is 8.99. The fraction of sp³-hybridized carbons (Fsp3) is 0.182. The number of imidazole rings is 1. The van der Waals surface area contributed by atoms with Crippen molar-refractivity contribution in [3.8, 4) is 11.8 Å². The predicted molar refractivity (Wildman–Crippen MR) is 109 cm³/mol. The van der Waals surface area contributed by atoms with Crippen molar-refractivity contribution in [2.45, 2.75) is 13.0 Å². The fourth-order valence-corrected chi connectivity index (χ4v) is 3.48. The minimum atomic E-state index is -0.753. The van der Waals surface area contributed by atoms with E-state index >= 15 is 0 Å². The molecular weight excluding hydrogens is 352 g/mol. The van der Waals surface area contributed by atoms with Crippen molar-refractivity contribution in [1.29, 1.82) is 5.26 Å². The van der Waals surface area contributed by atoms with E-state index < -0.39 is 6.10 Å². The van der Waals surface area contributed by atoms with E-state index in [0.29, 0.717) is 17.0 Å². The lowest BCUT2D eigenvalue weighted by Crippen LogP contribution is -2.15. The van der Waals surface area contributed by atoms with Crippen LogP contribution in [0.4, 0.5) is 5.82 Å². The lowest BCUT2D eigenvalue weighted by Gasteiger charge is -2.17. The van der Waals surface area contributed by atoms with Crippen LogP contribution in [-0.4, -0.2) is 28.1 Å². The van der Waals surface area contributed by atoms with Crippen LogP contribution in [0.1, 0.15) is 22.8 Å². The Bertz CT molecular complexity index is 1210. The molecule has 2 aromatic carbocycles. The third-order valence-electron chi connectivity index (χ3n) is 4.86. The summed E-state index contributed by atoms with van der Waals surface area (Å²) in [5.74, 6) is 1.42. The number of aromatic nitrogens is 2. The summed E-state index contributed by atoms with van der Waals surface area (Å²) in [7, 11) is 1.59. The van der Waals surface area contributed by atoms with E-state index in [2.05, 4.69) is 16.4 Å². The Balaban J connectivity index is 1.76. The number of anilines is 1. The number of aryl methyl sites for hydroxylation is 1. The molecule has 0 aliphatic rings. The number of nitrogens with one attached hydrogen (secondary N) is 1. The fourth-order valence-electron chi connectivity index (χ4n) is 3.48. The van der Waals surface area contributed by atoms with Gasteiger partial charge < -0.3 is 15.2 Å². The van der Waals surface area contributed by atoms with Crippen LogP contribution in [0.2, 0.25) is 0 Å². The molecule has 28 heavy (non-hydrogen) atoms. The minimum absolute atomic E-state index is 0.285. The SMILES string of the molecule is COc1ccccc1C(O)CNc1cc(C)c(C#N)c2nc3ccccc3n12. The second-order valence-electron chi connectivity index (χ2n) is 6.60. The van der Waals surface area contributed by atoms with Gasteiger partial charge >= 0.3 is 0 Å². The maximum Gasteiger partial charge on any atom is 0.157 e. The quantitative estimate of drug-likeness (QED) is 0.556. The first kappa shape index (κ1) is 17.8. The lowest BCUT2D eigenvalue weighted by molar-refractivity contribution is 0.186. The van der Waals surface area contributed by atoms with E-state index in [1.54, 1.807) is 7.11 Å². The Morgan fingerprint density at radius 3 is 2.75 bits per heavy atom. The highest BCUT2D eigenvalue weighted by Gasteiger charge is 2.17. The molecule has 2 heterocycles. The standard InChI is InChI=1S/C22H20N4O2/c1-14-11-21(24-13-19(27)15-7-3-6-10-20(15)28-2)26-18-9-5-4-8-17(18)25-22(26)16(14)12-23/h3-11,19,24,27H,13H2,1-2H3. The van der Waals surface area contributed by atoms with Crippen LogP contribution in [0.3, 0.4) is 0 Å². The van der Waals surface area contributed by atoms with E-state index in [0.717, 1.165) is 28.0 Å². The summed E-state index contributed by atoms with van der Waals surface area (Å²) in [5.41, 5.74) is 4.43. The van der Waals surface area contributed by atoms with Crippen LogP contribution in [0.15, 0.2) is 54.6 Å². The molecule has 0 fully saturated rings. The highest BCUT2D eigenvalue weighted by Crippen LogP contribution is 2.28. The first-order valence-corrected chi connectivity index (χ1v) is 8.99. The van der Waals surface area contributed by atoms with Gasteiger partial charge in [0.05, 0.1) is 29.8 Å². The van der Waals surface area contributed by atoms with Crippen molar-refractivity contribution in [3.63, 3.8) is 0 Å². The zero-order valence-electron chi connectivity index (χ0n) is 15.7. The van der Waals surface area contributed by atoms with Gasteiger partial charge in [0, 0.05) is 12.1 Å². The van der Waals surface area contributed by atoms with Gasteiger partial charge in [-0.2, -0.15) is 5.26 Å². The molecule has 4 rings (SSSR count). The molecule has 0 aliphatic carbocycles. The van der Waals surface area contributed by atoms with E-state index in [-0.39, 0.29) is 6.54 Å². The molecular formula is C22H20N4O2. The van der Waals surface area contributed by atoms with Gasteiger partial charge in [-0.1, -0.05) is 30.3 Å². The molecule has 0 aliphatic heterocycles. The Morgan fingerprint density at radius 1 is 1.21 bits per heavy atom. The summed E-state index contributed by atoms with van der Waals surface area (Å²) >= 11 is 0. The number of aliphatic hydroxyl groups is 1. The van der Waals surface area contributed by atoms with Gasteiger partial charge in [-0.3, -0.25) is 4.40 Å². The summed E-state index contributed by atoms with van der Waals surface area (Å²) in [6, 6.07) is 19.3. The highest BCUT2D eigenvalue weighted by molar-refractivity contribution is 5.85. The van der Waals surface area contributed by atoms with Crippen LogP contribution in [0.5, 0.6) is 5.75 Å². The second kappa shape index (κ2) is 7.22. The Hall–Kier alpha value is -3.56. The predicted octanol–water partition coefficient (Wildman–Crippen LogP) is 3.82. The molecule has 4 aromatic rings. The molecule has 6 nitrogen and oxygen atoms in total. The average molecular weight is 372 g/mol. The largest absolute Gasteiger partial charge is 0.496 e. The monoisotopic (exact) mass is 372 g/mol. The van der Waals surface area contributed by atoms with Crippen LogP contribution >= 0.6 is 0 Å². The normalized spacial score (nSPS) is 12.1. The molecule has 2 N–H and O–H groups in total. The van der Waals surface area contributed by atoms with E-state index in [1.807, 2.05) is 65.9 Å². The highest BCUT2D eigenvalue weighted by atomic mass is 16.5. The minimum Gasteiger partial charge on any atom is -0.496 e. The van der Waals surface area contributed by atoms with Crippen molar-refractivity contribution < 1.29 is 9.84 Å². The molecule has 0 saturated carbocycles. The smallest absolute Gasteiger partial charge is 0.157 e. The molecule has 0 saturated heterocycles. The van der Waals surface area contributed by atoms with Crippen LogP contribution in [0.25, 0.3) is 16.7 Å². The van der Waals surface area contributed by atoms with Crippen molar-refractivity contribution in [2.24, 2.45) is 0 Å². The number of hydrogen-bond donors (Lipinski definition) is 2. The van der Waals surface area contributed by atoms with Gasteiger partial charge in [0.15, 0.2) is 5.65 Å². The maximum atomic E-state index is 10.7. The van der Waals surface area contributed by atoms with Crippen molar-refractivity contribution in [3.05, 3.63) is 71.3 Å². The number of rotatable bonds is 5. The third kappa shape index (κ3) is 2.92. The Morgan fingerprint density at radius 2 is 1.96 bits per heavy atom. The first-order chi connectivity index (χ1) is 13.6. The molecule has 2 aromatic heterocycles. The van der Waals surface area contributed by atoms with E-state index in [4.69, 9.17) is 4.74 Å². The zero-order chi connectivity index (χ0) is 19.7. The van der Waals surface area contributed by atoms with E-state index in [1.165, 1.54) is 0 Å². The maximum absolute atomic E-state index is 10.7. The number of para-hydroxylation sites is 3. The Labute approximate surface area is 162 Å². The number of nitriles is 1. The number of aliphatic hydroxyl groups excluding tert-OH is 1. The number of benzene rings is 2. The van der Waals surface area contributed by atoms with Gasteiger partial charge in [-0.15, -0.1) is 0 Å². The van der Waals surface area contributed by atoms with Crippen molar-refractivity contribution in [2.75, 3.05) is 19.0 Å². The number of ether oxygens (including phenoxy) is 1. The molecule has 140 valence electrons. The molecule has 1 unspecified atom stereocenters. The topological polar surface area (TPSA) is 82.6 Å². The Kier molecular flexibility index (Phi) is 4.60. The van der Waals surface area contributed by atoms with Gasteiger partial charge in [0.25, 0.3) is 0 Å². The lowest BCUT2D eigenvalue weighted by atomic mass is 10.1. The molecule has 0 spiro atoms. The van der Waals surface area contributed by atoms with Crippen LogP contribution in [0, 0.1) is 18.3 Å².